The molecule has 3 heteroatoms. The molecule has 1 fully saturated rings. The van der Waals surface area contributed by atoms with Crippen LogP contribution >= 0.6 is 0 Å². The van der Waals surface area contributed by atoms with Crippen LogP contribution < -0.4 is 5.32 Å². The van der Waals surface area contributed by atoms with Crippen molar-refractivity contribution >= 4 is 0 Å². The monoisotopic (exact) mass is 145 g/mol. The lowest BCUT2D eigenvalue weighted by Gasteiger charge is -2.27. The third-order valence-electron chi connectivity index (χ3n) is 1.89. The molecular formula is C7H15NO2. The minimum atomic E-state index is 0.250. The summed E-state index contributed by atoms with van der Waals surface area (Å²) in [5, 5.41) is 3.32. The maximum Gasteiger partial charge on any atom is 0.0718 e. The molecule has 1 aliphatic heterocycles. The predicted molar refractivity (Wildman–Crippen MR) is 39.1 cm³/mol. The van der Waals surface area contributed by atoms with Crippen molar-refractivity contribution < 1.29 is 9.47 Å². The van der Waals surface area contributed by atoms with Crippen molar-refractivity contribution in [2.75, 3.05) is 26.9 Å². The summed E-state index contributed by atoms with van der Waals surface area (Å²) in [4.78, 5) is 0. The zero-order valence-corrected chi connectivity index (χ0v) is 6.59. The number of hydrogen-bond donors (Lipinski definition) is 1. The topological polar surface area (TPSA) is 30.5 Å². The summed E-state index contributed by atoms with van der Waals surface area (Å²) >= 11 is 0. The van der Waals surface area contributed by atoms with E-state index in [1.54, 1.807) is 7.11 Å². The predicted octanol–water partition coefficient (Wildman–Crippen LogP) is 0.00970. The zero-order valence-electron chi connectivity index (χ0n) is 6.59. The molecule has 0 aromatic carbocycles. The van der Waals surface area contributed by atoms with Crippen LogP contribution in [0.2, 0.25) is 0 Å². The van der Waals surface area contributed by atoms with Gasteiger partial charge in [0, 0.05) is 13.7 Å². The Morgan fingerprint density at radius 3 is 3.00 bits per heavy atom. The second-order valence-electron chi connectivity index (χ2n) is 2.58. The van der Waals surface area contributed by atoms with Crippen LogP contribution in [-0.4, -0.2) is 39.0 Å². The first kappa shape index (κ1) is 7.98. The van der Waals surface area contributed by atoms with Crippen molar-refractivity contribution in [3.8, 4) is 0 Å². The Balaban J connectivity index is 2.24. The van der Waals surface area contributed by atoms with Crippen LogP contribution in [0.15, 0.2) is 0 Å². The minimum Gasteiger partial charge on any atom is -0.380 e. The lowest BCUT2D eigenvalue weighted by atomic mass is 10.2. The molecule has 3 nitrogen and oxygen atoms in total. The second-order valence-corrected chi connectivity index (χ2v) is 2.58. The Labute approximate surface area is 61.7 Å². The first-order valence-electron chi connectivity index (χ1n) is 3.68. The van der Waals surface area contributed by atoms with Gasteiger partial charge < -0.3 is 14.8 Å². The van der Waals surface area contributed by atoms with Gasteiger partial charge in [0.1, 0.15) is 0 Å². The first-order valence-corrected chi connectivity index (χ1v) is 3.68. The molecule has 1 saturated heterocycles. The molecule has 0 aromatic rings. The van der Waals surface area contributed by atoms with Crippen molar-refractivity contribution in [1.29, 1.82) is 0 Å². The molecule has 2 atom stereocenters. The van der Waals surface area contributed by atoms with Crippen LogP contribution in [0.25, 0.3) is 0 Å². The summed E-state index contributed by atoms with van der Waals surface area (Å²) in [7, 11) is 1.72. The molecule has 2 unspecified atom stereocenters. The van der Waals surface area contributed by atoms with Crippen molar-refractivity contribution in [1.82, 2.24) is 5.32 Å². The van der Waals surface area contributed by atoms with E-state index in [2.05, 4.69) is 5.32 Å². The highest BCUT2D eigenvalue weighted by atomic mass is 16.5. The van der Waals surface area contributed by atoms with E-state index in [9.17, 15) is 0 Å². The molecule has 1 rings (SSSR count). The third kappa shape index (κ3) is 1.94. The van der Waals surface area contributed by atoms with Crippen LogP contribution in [0, 0.1) is 0 Å². The molecule has 0 aromatic heterocycles. The van der Waals surface area contributed by atoms with Gasteiger partial charge >= 0.3 is 0 Å². The summed E-state index contributed by atoms with van der Waals surface area (Å²) in [5.74, 6) is 0. The molecule has 60 valence electrons. The van der Waals surface area contributed by atoms with Crippen LogP contribution in [0.5, 0.6) is 0 Å². The molecule has 0 spiro atoms. The van der Waals surface area contributed by atoms with Crippen molar-refractivity contribution in [3.05, 3.63) is 0 Å². The summed E-state index contributed by atoms with van der Waals surface area (Å²) in [6, 6.07) is 0.374. The summed E-state index contributed by atoms with van der Waals surface area (Å²) in [6.07, 6.45) is 0.250. The summed E-state index contributed by atoms with van der Waals surface area (Å²) in [5.41, 5.74) is 0. The molecule has 0 amide bonds. The number of hydrogen-bond acceptors (Lipinski definition) is 3. The fourth-order valence-corrected chi connectivity index (χ4v) is 1.05. The molecule has 0 saturated carbocycles. The van der Waals surface area contributed by atoms with Crippen molar-refractivity contribution in [2.24, 2.45) is 0 Å². The van der Waals surface area contributed by atoms with E-state index in [4.69, 9.17) is 9.47 Å². The maximum absolute atomic E-state index is 5.26. The van der Waals surface area contributed by atoms with Crippen molar-refractivity contribution in [3.63, 3.8) is 0 Å². The number of morpholine rings is 1. The Morgan fingerprint density at radius 1 is 1.70 bits per heavy atom. The number of methoxy groups -OCH3 is 1. The lowest BCUT2D eigenvalue weighted by molar-refractivity contribution is 0.00553. The van der Waals surface area contributed by atoms with Gasteiger partial charge in [-0.05, 0) is 6.92 Å². The largest absolute Gasteiger partial charge is 0.380 e. The quantitative estimate of drug-likeness (QED) is 0.593. The van der Waals surface area contributed by atoms with E-state index in [-0.39, 0.29) is 6.10 Å². The SMILES string of the molecule is COC(C)C1COCCN1. The molecule has 0 aliphatic carbocycles. The Morgan fingerprint density at radius 2 is 2.50 bits per heavy atom. The number of rotatable bonds is 2. The van der Waals surface area contributed by atoms with Crippen LogP contribution in [0.1, 0.15) is 6.92 Å². The molecule has 1 aliphatic rings. The molecule has 10 heavy (non-hydrogen) atoms. The van der Waals surface area contributed by atoms with E-state index in [1.165, 1.54) is 0 Å². The van der Waals surface area contributed by atoms with E-state index < -0.39 is 0 Å². The van der Waals surface area contributed by atoms with Gasteiger partial charge in [0.2, 0.25) is 0 Å². The third-order valence-corrected chi connectivity index (χ3v) is 1.89. The Kier molecular flexibility index (Phi) is 3.12. The standard InChI is InChI=1S/C7H15NO2/c1-6(9-2)7-5-10-4-3-8-7/h6-8H,3-5H2,1-2H3. The molecule has 0 radical (unpaired) electrons. The smallest absolute Gasteiger partial charge is 0.0718 e. The van der Waals surface area contributed by atoms with Gasteiger partial charge in [0.15, 0.2) is 0 Å². The molecular weight excluding hydrogens is 130 g/mol. The van der Waals surface area contributed by atoms with E-state index >= 15 is 0 Å². The average Bonchev–Trinajstić information content (AvgIpc) is 2.05. The van der Waals surface area contributed by atoms with Gasteiger partial charge in [-0.25, -0.2) is 0 Å². The molecule has 1 heterocycles. The molecule has 1 N–H and O–H groups in total. The normalized spacial score (nSPS) is 30.0. The first-order chi connectivity index (χ1) is 4.84. The minimum absolute atomic E-state index is 0.250. The van der Waals surface area contributed by atoms with Crippen LogP contribution in [0.3, 0.4) is 0 Å². The van der Waals surface area contributed by atoms with E-state index in [1.807, 2.05) is 6.92 Å². The van der Waals surface area contributed by atoms with Gasteiger partial charge in [0.25, 0.3) is 0 Å². The fourth-order valence-electron chi connectivity index (χ4n) is 1.05. The van der Waals surface area contributed by atoms with Crippen LogP contribution in [0.4, 0.5) is 0 Å². The number of nitrogens with one attached hydrogen (secondary N) is 1. The average molecular weight is 145 g/mol. The highest BCUT2D eigenvalue weighted by Gasteiger charge is 2.18. The van der Waals surface area contributed by atoms with Gasteiger partial charge in [0.05, 0.1) is 25.4 Å². The molecule has 0 bridgehead atoms. The second kappa shape index (κ2) is 3.91. The maximum atomic E-state index is 5.26. The highest BCUT2D eigenvalue weighted by Crippen LogP contribution is 2.01. The van der Waals surface area contributed by atoms with Crippen molar-refractivity contribution in [2.45, 2.75) is 19.1 Å². The summed E-state index contributed by atoms with van der Waals surface area (Å²) in [6.45, 7) is 4.59. The van der Waals surface area contributed by atoms with E-state index in [0.717, 1.165) is 19.8 Å². The van der Waals surface area contributed by atoms with Gasteiger partial charge in [-0.15, -0.1) is 0 Å². The summed E-state index contributed by atoms with van der Waals surface area (Å²) < 4.78 is 10.4. The van der Waals surface area contributed by atoms with Crippen LogP contribution in [-0.2, 0) is 9.47 Å². The van der Waals surface area contributed by atoms with Gasteiger partial charge in [-0.1, -0.05) is 0 Å². The Hall–Kier alpha value is -0.120. The van der Waals surface area contributed by atoms with E-state index in [0.29, 0.717) is 6.04 Å². The number of ether oxygens (including phenoxy) is 2. The lowest BCUT2D eigenvalue weighted by Crippen LogP contribution is -2.48. The zero-order chi connectivity index (χ0) is 7.40. The highest BCUT2D eigenvalue weighted by molar-refractivity contribution is 4.75. The van der Waals surface area contributed by atoms with Gasteiger partial charge in [-0.2, -0.15) is 0 Å². The Bertz CT molecular complexity index is 91.6. The fraction of sp³-hybridized carbons (Fsp3) is 1.00. The van der Waals surface area contributed by atoms with Gasteiger partial charge in [-0.3, -0.25) is 0 Å².